The molecule has 2 aromatic carbocycles. The first-order valence-electron chi connectivity index (χ1n) is 12.5. The van der Waals surface area contributed by atoms with Crippen LogP contribution in [0.2, 0.25) is 0 Å². The lowest BCUT2D eigenvalue weighted by atomic mass is 9.90. The molecule has 1 aliphatic rings. The molecule has 5 rings (SSSR count). The van der Waals surface area contributed by atoms with E-state index in [1.165, 1.54) is 10.7 Å². The van der Waals surface area contributed by atoms with Crippen LogP contribution in [0.15, 0.2) is 59.7 Å². The molecule has 0 atom stereocenters. The number of ether oxygens (including phenoxy) is 1. The lowest BCUT2D eigenvalue weighted by molar-refractivity contribution is -0.134. The molecule has 0 aliphatic carbocycles. The van der Waals surface area contributed by atoms with Gasteiger partial charge in [-0.2, -0.15) is 8.78 Å². The minimum Gasteiger partial charge on any atom is -0.434 e. The molecular weight excluding hydrogens is 510 g/mol. The Kier molecular flexibility index (Phi) is 7.15. The van der Waals surface area contributed by atoms with E-state index in [9.17, 15) is 23.5 Å². The number of benzene rings is 2. The Morgan fingerprint density at radius 3 is 2.49 bits per heavy atom. The SMILES string of the molecule is Cn1c(=O)c2ccc(-c3cnc(C4(O)CCN(C(=O)CN)CC4)nc3)cc2n1Cc1ccccc1OC(F)F. The summed E-state index contributed by atoms with van der Waals surface area (Å²) in [6.07, 6.45) is 3.82. The molecule has 1 fully saturated rings. The maximum absolute atomic E-state index is 12.9. The van der Waals surface area contributed by atoms with Crippen LogP contribution >= 0.6 is 0 Å². The molecule has 0 saturated carbocycles. The summed E-state index contributed by atoms with van der Waals surface area (Å²) >= 11 is 0. The van der Waals surface area contributed by atoms with Crippen LogP contribution in [0.4, 0.5) is 8.78 Å². The number of nitrogens with zero attached hydrogens (tertiary/aromatic N) is 5. The van der Waals surface area contributed by atoms with Gasteiger partial charge >= 0.3 is 6.61 Å². The third kappa shape index (κ3) is 5.12. The highest BCUT2D eigenvalue weighted by Gasteiger charge is 2.37. The normalized spacial score (nSPS) is 15.2. The molecule has 0 radical (unpaired) electrons. The standard InChI is InChI=1S/C27H28F2N6O4/c1-33-24(37)20-7-6-17(12-21(20)35(33)16-18-4-2-3-5-22(18)39-26(28)29)19-14-31-25(32-15-19)27(38)8-10-34(11-9-27)23(36)13-30/h2-7,12,14-15,26,38H,8-11,13,16,30H2,1H3. The number of halogens is 2. The molecule has 0 bridgehead atoms. The molecular formula is C27H28F2N6O4. The van der Waals surface area contributed by atoms with Crippen LogP contribution in [0.5, 0.6) is 5.75 Å². The number of aliphatic hydroxyl groups is 1. The van der Waals surface area contributed by atoms with Gasteiger partial charge in [0, 0.05) is 56.5 Å². The van der Waals surface area contributed by atoms with E-state index in [2.05, 4.69) is 14.7 Å². The van der Waals surface area contributed by atoms with Crippen molar-refractivity contribution >= 4 is 16.8 Å². The van der Waals surface area contributed by atoms with E-state index >= 15 is 0 Å². The fraction of sp³-hybridized carbons (Fsp3) is 0.333. The van der Waals surface area contributed by atoms with Gasteiger partial charge in [-0.15, -0.1) is 0 Å². The van der Waals surface area contributed by atoms with Crippen molar-refractivity contribution in [3.63, 3.8) is 0 Å². The van der Waals surface area contributed by atoms with Gasteiger partial charge in [0.15, 0.2) is 5.82 Å². The number of aromatic nitrogens is 4. The van der Waals surface area contributed by atoms with Crippen molar-refractivity contribution in [2.75, 3.05) is 19.6 Å². The quantitative estimate of drug-likeness (QED) is 0.369. The molecule has 204 valence electrons. The van der Waals surface area contributed by atoms with Crippen molar-refractivity contribution in [2.45, 2.75) is 31.6 Å². The van der Waals surface area contributed by atoms with Gasteiger partial charge in [0.05, 0.1) is 24.0 Å². The summed E-state index contributed by atoms with van der Waals surface area (Å²) < 4.78 is 33.6. The number of carbonyl (C=O) groups is 1. The van der Waals surface area contributed by atoms with Crippen molar-refractivity contribution in [3.05, 3.63) is 76.6 Å². The fourth-order valence-electron chi connectivity index (χ4n) is 4.95. The number of rotatable bonds is 7. The molecule has 10 nitrogen and oxygen atoms in total. The number of alkyl halides is 2. The second-order valence-corrected chi connectivity index (χ2v) is 9.52. The predicted molar refractivity (Wildman–Crippen MR) is 139 cm³/mol. The fourth-order valence-corrected chi connectivity index (χ4v) is 4.95. The van der Waals surface area contributed by atoms with Crippen LogP contribution in [0.3, 0.4) is 0 Å². The second kappa shape index (κ2) is 10.5. The van der Waals surface area contributed by atoms with Crippen LogP contribution in [0, 0.1) is 0 Å². The first kappa shape index (κ1) is 26.4. The lowest BCUT2D eigenvalue weighted by Gasteiger charge is -2.37. The third-order valence-corrected chi connectivity index (χ3v) is 7.19. The summed E-state index contributed by atoms with van der Waals surface area (Å²) in [6, 6.07) is 11.8. The largest absolute Gasteiger partial charge is 0.434 e. The molecule has 0 spiro atoms. The minimum atomic E-state index is -2.97. The van der Waals surface area contributed by atoms with Crippen molar-refractivity contribution in [3.8, 4) is 16.9 Å². The van der Waals surface area contributed by atoms with Gasteiger partial charge in [0.2, 0.25) is 5.91 Å². The van der Waals surface area contributed by atoms with E-state index in [4.69, 9.17) is 5.73 Å². The van der Waals surface area contributed by atoms with Gasteiger partial charge < -0.3 is 20.5 Å². The number of piperidine rings is 1. The summed E-state index contributed by atoms with van der Waals surface area (Å²) in [6.45, 7) is -2.17. The molecule has 12 heteroatoms. The number of hydrogen-bond acceptors (Lipinski definition) is 7. The Bertz CT molecular complexity index is 1560. The Morgan fingerprint density at radius 2 is 1.82 bits per heavy atom. The summed E-state index contributed by atoms with van der Waals surface area (Å²) in [4.78, 5) is 35.2. The number of para-hydroxylation sites is 1. The Hall–Kier alpha value is -4.16. The summed E-state index contributed by atoms with van der Waals surface area (Å²) in [7, 11) is 1.61. The highest BCUT2D eigenvalue weighted by molar-refractivity contribution is 5.84. The van der Waals surface area contributed by atoms with Gasteiger partial charge in [0.1, 0.15) is 11.4 Å². The molecule has 0 unspecified atom stereocenters. The zero-order valence-corrected chi connectivity index (χ0v) is 21.3. The van der Waals surface area contributed by atoms with Crippen molar-refractivity contribution in [1.82, 2.24) is 24.2 Å². The Balaban J connectivity index is 1.43. The van der Waals surface area contributed by atoms with Crippen LogP contribution < -0.4 is 16.0 Å². The zero-order valence-electron chi connectivity index (χ0n) is 21.3. The number of likely N-dealkylation sites (tertiary alicyclic amines) is 1. The summed E-state index contributed by atoms with van der Waals surface area (Å²) in [5, 5.41) is 11.6. The van der Waals surface area contributed by atoms with Crippen LogP contribution in [-0.2, 0) is 24.0 Å². The average Bonchev–Trinajstić information content (AvgIpc) is 3.18. The summed E-state index contributed by atoms with van der Waals surface area (Å²) in [5.41, 5.74) is 6.47. The van der Waals surface area contributed by atoms with Gasteiger partial charge in [-0.05, 0) is 23.8 Å². The topological polar surface area (TPSA) is 128 Å². The highest BCUT2D eigenvalue weighted by atomic mass is 19.3. The molecule has 2 aromatic heterocycles. The second-order valence-electron chi connectivity index (χ2n) is 9.52. The zero-order chi connectivity index (χ0) is 27.7. The van der Waals surface area contributed by atoms with Crippen LogP contribution in [-0.4, -0.2) is 61.5 Å². The van der Waals surface area contributed by atoms with Crippen molar-refractivity contribution < 1.29 is 23.4 Å². The van der Waals surface area contributed by atoms with Crippen LogP contribution in [0.25, 0.3) is 22.0 Å². The van der Waals surface area contributed by atoms with E-state index < -0.39 is 12.2 Å². The van der Waals surface area contributed by atoms with E-state index in [0.717, 1.165) is 5.56 Å². The monoisotopic (exact) mass is 538 g/mol. The predicted octanol–water partition coefficient (Wildman–Crippen LogP) is 2.22. The molecule has 3 N–H and O–H groups in total. The van der Waals surface area contributed by atoms with E-state index in [1.54, 1.807) is 59.4 Å². The first-order valence-corrected chi connectivity index (χ1v) is 12.5. The molecule has 39 heavy (non-hydrogen) atoms. The maximum atomic E-state index is 12.9. The first-order chi connectivity index (χ1) is 18.7. The molecule has 4 aromatic rings. The van der Waals surface area contributed by atoms with Crippen LogP contribution in [0.1, 0.15) is 24.2 Å². The van der Waals surface area contributed by atoms with E-state index in [-0.39, 0.29) is 36.1 Å². The van der Waals surface area contributed by atoms with E-state index in [1.807, 2.05) is 6.07 Å². The number of fused-ring (bicyclic) bond motifs is 1. The number of nitrogens with two attached hydrogens (primary N) is 1. The maximum Gasteiger partial charge on any atom is 0.387 e. The van der Waals surface area contributed by atoms with Gasteiger partial charge in [-0.25, -0.2) is 9.97 Å². The Labute approximate surface area is 222 Å². The average molecular weight is 539 g/mol. The molecule has 3 heterocycles. The molecule has 1 saturated heterocycles. The third-order valence-electron chi connectivity index (χ3n) is 7.19. The number of amides is 1. The highest BCUT2D eigenvalue weighted by Crippen LogP contribution is 2.32. The number of hydrogen-bond donors (Lipinski definition) is 2. The van der Waals surface area contributed by atoms with Crippen molar-refractivity contribution in [2.24, 2.45) is 12.8 Å². The van der Waals surface area contributed by atoms with E-state index in [0.29, 0.717) is 48.0 Å². The lowest BCUT2D eigenvalue weighted by Crippen LogP contribution is -2.47. The summed E-state index contributed by atoms with van der Waals surface area (Å²) in [5.74, 6) is 0.158. The van der Waals surface area contributed by atoms with Gasteiger partial charge in [-0.3, -0.25) is 19.0 Å². The van der Waals surface area contributed by atoms with Gasteiger partial charge in [0.25, 0.3) is 5.56 Å². The smallest absolute Gasteiger partial charge is 0.387 e. The minimum absolute atomic E-state index is 0.0399. The number of carbonyl (C=O) groups excluding carboxylic acids is 1. The molecule has 1 aliphatic heterocycles. The van der Waals surface area contributed by atoms with Gasteiger partial charge in [-0.1, -0.05) is 24.3 Å². The molecule has 1 amide bonds. The Morgan fingerprint density at radius 1 is 1.13 bits per heavy atom. The van der Waals surface area contributed by atoms with Crippen molar-refractivity contribution in [1.29, 1.82) is 0 Å².